The zero-order chi connectivity index (χ0) is 15.0. The Balaban J connectivity index is 1.84. The van der Waals surface area contributed by atoms with Crippen LogP contribution in [-0.2, 0) is 11.2 Å². The molecule has 1 aromatic heterocycles. The van der Waals surface area contributed by atoms with Gasteiger partial charge in [-0.1, -0.05) is 25.1 Å². The molecule has 0 saturated carbocycles. The van der Waals surface area contributed by atoms with Crippen LogP contribution in [0.15, 0.2) is 29.6 Å². The van der Waals surface area contributed by atoms with Gasteiger partial charge in [0, 0.05) is 16.7 Å². The summed E-state index contributed by atoms with van der Waals surface area (Å²) in [6.07, 6.45) is 1.77. The molecular weight excluding hydrogens is 278 g/mol. The average molecular weight is 303 g/mol. The van der Waals surface area contributed by atoms with Gasteiger partial charge in [-0.2, -0.15) is 0 Å². The highest BCUT2D eigenvalue weighted by Crippen LogP contribution is 2.36. The average Bonchev–Trinajstić information content (AvgIpc) is 2.99. The number of fused-ring (bicyclic) bond motifs is 1. The third-order valence-electron chi connectivity index (χ3n) is 5.16. The van der Waals surface area contributed by atoms with Crippen molar-refractivity contribution in [2.45, 2.75) is 45.4 Å². The van der Waals surface area contributed by atoms with Gasteiger partial charge < -0.3 is 10.1 Å². The molecule has 2 heterocycles. The summed E-state index contributed by atoms with van der Waals surface area (Å²) in [4.78, 5) is 0. The van der Waals surface area contributed by atoms with Crippen molar-refractivity contribution in [2.24, 2.45) is 11.8 Å². The molecule has 0 radical (unpaired) electrons. The summed E-state index contributed by atoms with van der Waals surface area (Å²) >= 11 is 1.85. The fourth-order valence-corrected chi connectivity index (χ4v) is 4.82. The molecule has 114 valence electrons. The van der Waals surface area contributed by atoms with E-state index in [1.165, 1.54) is 15.6 Å². The first-order valence-electron chi connectivity index (χ1n) is 7.89. The standard InChI is InChI=1S/C18H25NOS/c1-11-12(2)20-13(3)18(11)16(19-4)9-14-10-21-17-8-6-5-7-15(14)17/h5-8,10-13,16,18-19H,9H2,1-4H3. The van der Waals surface area contributed by atoms with E-state index in [-0.39, 0.29) is 0 Å². The molecule has 2 aromatic rings. The minimum atomic E-state index is 0.331. The largest absolute Gasteiger partial charge is 0.375 e. The fraction of sp³-hybridized carbons (Fsp3) is 0.556. The van der Waals surface area contributed by atoms with E-state index >= 15 is 0 Å². The molecule has 0 bridgehead atoms. The molecule has 0 aliphatic carbocycles. The number of thiophene rings is 1. The smallest absolute Gasteiger partial charge is 0.0597 e. The minimum absolute atomic E-state index is 0.331. The van der Waals surface area contributed by atoms with Crippen molar-refractivity contribution in [3.63, 3.8) is 0 Å². The zero-order valence-corrected chi connectivity index (χ0v) is 14.1. The van der Waals surface area contributed by atoms with Crippen LogP contribution in [0.3, 0.4) is 0 Å². The normalized spacial score (nSPS) is 30.9. The van der Waals surface area contributed by atoms with Gasteiger partial charge in [-0.25, -0.2) is 0 Å². The van der Waals surface area contributed by atoms with E-state index in [1.54, 1.807) is 0 Å². The molecule has 1 aromatic carbocycles. The predicted molar refractivity (Wildman–Crippen MR) is 91.0 cm³/mol. The summed E-state index contributed by atoms with van der Waals surface area (Å²) in [6, 6.07) is 9.18. The topological polar surface area (TPSA) is 21.3 Å². The van der Waals surface area contributed by atoms with Crippen LogP contribution in [-0.4, -0.2) is 25.3 Å². The summed E-state index contributed by atoms with van der Waals surface area (Å²) in [5, 5.41) is 7.29. The van der Waals surface area contributed by atoms with Gasteiger partial charge >= 0.3 is 0 Å². The van der Waals surface area contributed by atoms with Crippen molar-refractivity contribution in [2.75, 3.05) is 7.05 Å². The lowest BCUT2D eigenvalue weighted by atomic mass is 9.81. The quantitative estimate of drug-likeness (QED) is 0.918. The monoisotopic (exact) mass is 303 g/mol. The Hall–Kier alpha value is -0.900. The Kier molecular flexibility index (Phi) is 4.34. The Morgan fingerprint density at radius 2 is 1.95 bits per heavy atom. The van der Waals surface area contributed by atoms with Crippen molar-refractivity contribution in [3.8, 4) is 0 Å². The summed E-state index contributed by atoms with van der Waals surface area (Å²) in [7, 11) is 2.08. The molecule has 1 N–H and O–H groups in total. The first-order valence-corrected chi connectivity index (χ1v) is 8.77. The second-order valence-electron chi connectivity index (χ2n) is 6.34. The number of ether oxygens (including phenoxy) is 1. The van der Waals surface area contributed by atoms with E-state index < -0.39 is 0 Å². The third kappa shape index (κ3) is 2.75. The first-order chi connectivity index (χ1) is 10.1. The number of nitrogens with one attached hydrogen (secondary N) is 1. The van der Waals surface area contributed by atoms with Gasteiger partial charge in [-0.15, -0.1) is 11.3 Å². The van der Waals surface area contributed by atoms with Gasteiger partial charge in [-0.05, 0) is 55.6 Å². The van der Waals surface area contributed by atoms with Crippen LogP contribution in [0.5, 0.6) is 0 Å². The fourth-order valence-electron chi connectivity index (χ4n) is 3.85. The van der Waals surface area contributed by atoms with Crippen LogP contribution in [0.1, 0.15) is 26.3 Å². The van der Waals surface area contributed by atoms with Crippen LogP contribution in [0.25, 0.3) is 10.1 Å². The molecule has 1 aliphatic heterocycles. The molecule has 5 unspecified atom stereocenters. The maximum atomic E-state index is 6.04. The molecule has 1 aliphatic rings. The minimum Gasteiger partial charge on any atom is -0.375 e. The van der Waals surface area contributed by atoms with Crippen molar-refractivity contribution in [1.29, 1.82) is 0 Å². The van der Waals surface area contributed by atoms with Crippen LogP contribution in [0.4, 0.5) is 0 Å². The van der Waals surface area contributed by atoms with Crippen LogP contribution >= 0.6 is 11.3 Å². The number of hydrogen-bond donors (Lipinski definition) is 1. The second kappa shape index (κ2) is 6.07. The SMILES string of the molecule is CNC(Cc1csc2ccccc12)C1C(C)OC(C)C1C. The number of hydrogen-bond acceptors (Lipinski definition) is 3. The molecule has 21 heavy (non-hydrogen) atoms. The van der Waals surface area contributed by atoms with Crippen LogP contribution in [0, 0.1) is 11.8 Å². The lowest BCUT2D eigenvalue weighted by molar-refractivity contribution is 0.0479. The van der Waals surface area contributed by atoms with E-state index in [4.69, 9.17) is 4.74 Å². The van der Waals surface area contributed by atoms with Gasteiger partial charge in [0.1, 0.15) is 0 Å². The molecule has 0 spiro atoms. The maximum absolute atomic E-state index is 6.04. The van der Waals surface area contributed by atoms with Crippen molar-refractivity contribution >= 4 is 21.4 Å². The number of rotatable bonds is 4. The van der Waals surface area contributed by atoms with Gasteiger partial charge in [-0.3, -0.25) is 0 Å². The Labute approximate surface area is 131 Å². The van der Waals surface area contributed by atoms with Crippen molar-refractivity contribution in [1.82, 2.24) is 5.32 Å². The Morgan fingerprint density at radius 1 is 1.19 bits per heavy atom. The van der Waals surface area contributed by atoms with E-state index in [0.717, 1.165) is 6.42 Å². The van der Waals surface area contributed by atoms with Crippen molar-refractivity contribution in [3.05, 3.63) is 35.2 Å². The van der Waals surface area contributed by atoms with Gasteiger partial charge in [0.25, 0.3) is 0 Å². The lowest BCUT2D eigenvalue weighted by Gasteiger charge is -2.28. The van der Waals surface area contributed by atoms with E-state index in [9.17, 15) is 0 Å². The molecule has 0 amide bonds. The molecule has 3 rings (SSSR count). The van der Waals surface area contributed by atoms with Gasteiger partial charge in [0.2, 0.25) is 0 Å². The van der Waals surface area contributed by atoms with E-state index in [1.807, 2.05) is 11.3 Å². The van der Waals surface area contributed by atoms with Gasteiger partial charge in [0.05, 0.1) is 12.2 Å². The van der Waals surface area contributed by atoms with Crippen LogP contribution in [0.2, 0.25) is 0 Å². The summed E-state index contributed by atoms with van der Waals surface area (Å²) in [5.41, 5.74) is 1.47. The highest BCUT2D eigenvalue weighted by molar-refractivity contribution is 7.17. The maximum Gasteiger partial charge on any atom is 0.0597 e. The lowest BCUT2D eigenvalue weighted by Crippen LogP contribution is -2.41. The first kappa shape index (κ1) is 15.0. The summed E-state index contributed by atoms with van der Waals surface area (Å²) in [6.45, 7) is 6.75. The summed E-state index contributed by atoms with van der Waals surface area (Å²) in [5.74, 6) is 1.17. The van der Waals surface area contributed by atoms with Crippen molar-refractivity contribution < 1.29 is 4.74 Å². The predicted octanol–water partition coefficient (Wildman–Crippen LogP) is 4.09. The molecule has 1 fully saturated rings. The van der Waals surface area contributed by atoms with E-state index in [0.29, 0.717) is 30.1 Å². The third-order valence-corrected chi connectivity index (χ3v) is 6.17. The number of benzene rings is 1. The molecule has 1 saturated heterocycles. The molecule has 2 nitrogen and oxygen atoms in total. The number of likely N-dealkylation sites (N-methyl/N-ethyl adjacent to an activating group) is 1. The zero-order valence-electron chi connectivity index (χ0n) is 13.3. The Morgan fingerprint density at radius 3 is 2.62 bits per heavy atom. The molecular formula is C18H25NOS. The second-order valence-corrected chi connectivity index (χ2v) is 7.25. The molecule has 5 atom stereocenters. The highest BCUT2D eigenvalue weighted by atomic mass is 32.1. The Bertz CT molecular complexity index is 608. The molecule has 3 heteroatoms. The van der Waals surface area contributed by atoms with Crippen LogP contribution < -0.4 is 5.32 Å². The highest BCUT2D eigenvalue weighted by Gasteiger charge is 2.41. The van der Waals surface area contributed by atoms with Gasteiger partial charge in [0.15, 0.2) is 0 Å². The summed E-state index contributed by atoms with van der Waals surface area (Å²) < 4.78 is 7.43. The van der Waals surface area contributed by atoms with E-state index in [2.05, 4.69) is 62.8 Å².